The molecule has 1 aromatic heterocycles. The summed E-state index contributed by atoms with van der Waals surface area (Å²) in [6.45, 7) is 6.42. The van der Waals surface area contributed by atoms with Gasteiger partial charge in [0.15, 0.2) is 0 Å². The number of rotatable bonds is 1. The maximum atomic E-state index is 12.2. The summed E-state index contributed by atoms with van der Waals surface area (Å²) in [7, 11) is 0. The molecule has 0 aliphatic carbocycles. The predicted octanol–water partition coefficient (Wildman–Crippen LogP) is 3.22. The van der Waals surface area contributed by atoms with Gasteiger partial charge in [-0.2, -0.15) is 0 Å². The van der Waals surface area contributed by atoms with Gasteiger partial charge in [0.25, 0.3) is 0 Å². The highest BCUT2D eigenvalue weighted by molar-refractivity contribution is 5.69. The van der Waals surface area contributed by atoms with Crippen molar-refractivity contribution in [2.45, 2.75) is 51.7 Å². The summed E-state index contributed by atoms with van der Waals surface area (Å²) < 4.78 is 5.45. The lowest BCUT2D eigenvalue weighted by molar-refractivity contribution is 0.0230. The highest BCUT2D eigenvalue weighted by Gasteiger charge is 2.31. The van der Waals surface area contributed by atoms with Gasteiger partial charge in [-0.05, 0) is 45.7 Å². The van der Waals surface area contributed by atoms with Gasteiger partial charge in [-0.1, -0.05) is 11.8 Å². The first kappa shape index (κ1) is 15.4. The number of pyridine rings is 1. The first-order chi connectivity index (χ1) is 9.96. The van der Waals surface area contributed by atoms with Crippen molar-refractivity contribution in [3.8, 4) is 11.8 Å². The lowest BCUT2D eigenvalue weighted by Gasteiger charge is -2.27. The Balaban J connectivity index is 1.94. The number of ether oxygens (including phenoxy) is 1. The monoisotopic (exact) mass is 286 g/mol. The first-order valence-corrected chi connectivity index (χ1v) is 7.34. The molecule has 1 saturated heterocycles. The molecule has 2 rings (SSSR count). The number of amides is 1. The molecule has 0 unspecified atom stereocenters. The molecule has 0 N–H and O–H groups in total. The minimum absolute atomic E-state index is 0.157. The van der Waals surface area contributed by atoms with Crippen LogP contribution in [-0.4, -0.2) is 34.2 Å². The van der Waals surface area contributed by atoms with Gasteiger partial charge in [-0.3, -0.25) is 4.98 Å². The number of aromatic nitrogens is 1. The van der Waals surface area contributed by atoms with Crippen LogP contribution in [-0.2, 0) is 4.74 Å². The molecule has 21 heavy (non-hydrogen) atoms. The van der Waals surface area contributed by atoms with Crippen molar-refractivity contribution >= 4 is 6.09 Å². The van der Waals surface area contributed by atoms with Crippen molar-refractivity contribution in [1.82, 2.24) is 9.88 Å². The zero-order valence-electron chi connectivity index (χ0n) is 12.9. The summed E-state index contributed by atoms with van der Waals surface area (Å²) >= 11 is 0. The Labute approximate surface area is 126 Å². The van der Waals surface area contributed by atoms with Crippen LogP contribution in [0.5, 0.6) is 0 Å². The molecule has 112 valence electrons. The lowest BCUT2D eigenvalue weighted by Crippen LogP contribution is -2.39. The number of carbonyl (C=O) groups excluding carboxylic acids is 1. The van der Waals surface area contributed by atoms with Crippen molar-refractivity contribution in [3.05, 3.63) is 30.1 Å². The second-order valence-corrected chi connectivity index (χ2v) is 6.22. The summed E-state index contributed by atoms with van der Waals surface area (Å²) in [5.41, 5.74) is 0.449. The molecule has 0 saturated carbocycles. The van der Waals surface area contributed by atoms with E-state index in [0.717, 1.165) is 24.9 Å². The van der Waals surface area contributed by atoms with Crippen LogP contribution in [0.15, 0.2) is 24.5 Å². The van der Waals surface area contributed by atoms with Crippen LogP contribution >= 0.6 is 0 Å². The minimum Gasteiger partial charge on any atom is -0.444 e. The van der Waals surface area contributed by atoms with Gasteiger partial charge < -0.3 is 9.64 Å². The lowest BCUT2D eigenvalue weighted by atomic mass is 10.1. The van der Waals surface area contributed by atoms with E-state index in [0.29, 0.717) is 6.42 Å². The summed E-state index contributed by atoms with van der Waals surface area (Å²) in [6, 6.07) is 3.95. The van der Waals surface area contributed by atoms with Gasteiger partial charge >= 0.3 is 6.09 Å². The number of hydrogen-bond acceptors (Lipinski definition) is 3. The van der Waals surface area contributed by atoms with Crippen molar-refractivity contribution in [2.75, 3.05) is 6.54 Å². The molecule has 0 radical (unpaired) electrons. The molecule has 1 amide bonds. The Morgan fingerprint density at radius 1 is 1.52 bits per heavy atom. The largest absolute Gasteiger partial charge is 0.444 e. The molecule has 0 bridgehead atoms. The highest BCUT2D eigenvalue weighted by atomic mass is 16.6. The van der Waals surface area contributed by atoms with Gasteiger partial charge in [-0.15, -0.1) is 0 Å². The fourth-order valence-corrected chi connectivity index (χ4v) is 2.32. The van der Waals surface area contributed by atoms with Gasteiger partial charge in [0.05, 0.1) is 0 Å². The Bertz CT molecular complexity index is 537. The summed E-state index contributed by atoms with van der Waals surface area (Å²) in [4.78, 5) is 18.0. The number of nitrogens with zero attached hydrogens (tertiary/aromatic N) is 2. The molecular weight excluding hydrogens is 264 g/mol. The van der Waals surface area contributed by atoms with Gasteiger partial charge in [0.1, 0.15) is 5.60 Å². The third-order valence-corrected chi connectivity index (χ3v) is 3.24. The number of carbonyl (C=O) groups is 1. The molecule has 1 aliphatic rings. The van der Waals surface area contributed by atoms with E-state index in [2.05, 4.69) is 16.8 Å². The van der Waals surface area contributed by atoms with Crippen LogP contribution in [0.3, 0.4) is 0 Å². The third kappa shape index (κ3) is 4.78. The summed E-state index contributed by atoms with van der Waals surface area (Å²) in [5, 5.41) is 0. The SMILES string of the molecule is CC(C)(C)OC(=O)N1CCC[C@H]1CC#Cc1cccnc1. The molecule has 4 heteroatoms. The number of likely N-dealkylation sites (tertiary alicyclic amines) is 1. The van der Waals surface area contributed by atoms with Crippen LogP contribution in [0.4, 0.5) is 4.79 Å². The predicted molar refractivity (Wildman–Crippen MR) is 81.7 cm³/mol. The molecule has 1 aliphatic heterocycles. The standard InChI is InChI=1S/C17H22N2O2/c1-17(2,3)21-16(20)19-12-6-10-15(19)9-4-7-14-8-5-11-18-13-14/h5,8,11,13,15H,6,9-10,12H2,1-3H3/t15-/m1/s1. The normalized spacial score (nSPS) is 18.0. The molecular formula is C17H22N2O2. The zero-order valence-corrected chi connectivity index (χ0v) is 12.9. The average Bonchev–Trinajstić information content (AvgIpc) is 2.86. The molecule has 0 aromatic carbocycles. The third-order valence-electron chi connectivity index (χ3n) is 3.24. The molecule has 1 atom stereocenters. The van der Waals surface area contributed by atoms with E-state index in [1.807, 2.05) is 37.8 Å². The van der Waals surface area contributed by atoms with E-state index in [-0.39, 0.29) is 12.1 Å². The molecule has 1 aromatic rings. The Hall–Kier alpha value is -2.02. The van der Waals surface area contributed by atoms with Gasteiger partial charge in [0, 0.05) is 37.0 Å². The maximum absolute atomic E-state index is 12.2. The molecule has 1 fully saturated rings. The zero-order chi connectivity index (χ0) is 15.3. The van der Waals surface area contributed by atoms with Gasteiger partial charge in [-0.25, -0.2) is 4.79 Å². The van der Waals surface area contributed by atoms with E-state index in [9.17, 15) is 4.79 Å². The average molecular weight is 286 g/mol. The molecule has 4 nitrogen and oxygen atoms in total. The van der Waals surface area contributed by atoms with E-state index in [1.54, 1.807) is 12.4 Å². The van der Waals surface area contributed by atoms with Crippen LogP contribution in [0.2, 0.25) is 0 Å². The minimum atomic E-state index is -0.453. The van der Waals surface area contributed by atoms with E-state index >= 15 is 0 Å². The summed E-state index contributed by atoms with van der Waals surface area (Å²) in [6.07, 6.45) is 5.92. The Morgan fingerprint density at radius 2 is 2.33 bits per heavy atom. The highest BCUT2D eigenvalue weighted by Crippen LogP contribution is 2.22. The fraction of sp³-hybridized carbons (Fsp3) is 0.529. The van der Waals surface area contributed by atoms with E-state index < -0.39 is 5.60 Å². The molecule has 0 spiro atoms. The molecule has 2 heterocycles. The van der Waals surface area contributed by atoms with Crippen molar-refractivity contribution in [3.63, 3.8) is 0 Å². The van der Waals surface area contributed by atoms with Crippen molar-refractivity contribution in [2.24, 2.45) is 0 Å². The smallest absolute Gasteiger partial charge is 0.410 e. The Morgan fingerprint density at radius 3 is 3.00 bits per heavy atom. The first-order valence-electron chi connectivity index (χ1n) is 7.34. The summed E-state index contributed by atoms with van der Waals surface area (Å²) in [5.74, 6) is 6.24. The maximum Gasteiger partial charge on any atom is 0.410 e. The van der Waals surface area contributed by atoms with Crippen LogP contribution in [0.1, 0.15) is 45.6 Å². The second-order valence-electron chi connectivity index (χ2n) is 6.22. The van der Waals surface area contributed by atoms with Crippen LogP contribution < -0.4 is 0 Å². The van der Waals surface area contributed by atoms with Crippen molar-refractivity contribution < 1.29 is 9.53 Å². The van der Waals surface area contributed by atoms with Gasteiger partial charge in [0.2, 0.25) is 0 Å². The van der Waals surface area contributed by atoms with E-state index in [4.69, 9.17) is 4.74 Å². The Kier molecular flexibility index (Phi) is 4.85. The van der Waals surface area contributed by atoms with E-state index in [1.165, 1.54) is 0 Å². The van der Waals surface area contributed by atoms with Crippen LogP contribution in [0, 0.1) is 11.8 Å². The van der Waals surface area contributed by atoms with Crippen molar-refractivity contribution in [1.29, 1.82) is 0 Å². The fourth-order valence-electron chi connectivity index (χ4n) is 2.32. The number of hydrogen-bond donors (Lipinski definition) is 0. The second kappa shape index (κ2) is 6.62. The quantitative estimate of drug-likeness (QED) is 0.744. The van der Waals surface area contributed by atoms with Crippen LogP contribution in [0.25, 0.3) is 0 Å². The topological polar surface area (TPSA) is 42.4 Å².